The van der Waals surface area contributed by atoms with Crippen molar-refractivity contribution < 1.29 is 23.6 Å². The minimum atomic E-state index is -0.645. The Morgan fingerprint density at radius 3 is 2.22 bits per heavy atom. The van der Waals surface area contributed by atoms with E-state index >= 15 is 0 Å². The van der Waals surface area contributed by atoms with Crippen LogP contribution in [-0.2, 0) is 4.79 Å². The van der Waals surface area contributed by atoms with Crippen molar-refractivity contribution in [1.29, 1.82) is 0 Å². The average Bonchev–Trinajstić information content (AvgIpc) is 3.40. The number of hydrogen-bond acceptors (Lipinski definition) is 8. The number of nitrogens with zero attached hydrogens (tertiary/aromatic N) is 3. The Kier molecular flexibility index (Phi) is 7.69. The van der Waals surface area contributed by atoms with Gasteiger partial charge in [0.25, 0.3) is 5.91 Å². The molecular weight excluding hydrogens is 460 g/mol. The Balaban J connectivity index is 1.59. The zero-order valence-electron chi connectivity index (χ0n) is 20.2. The zero-order chi connectivity index (χ0) is 25.5. The van der Waals surface area contributed by atoms with E-state index < -0.39 is 17.9 Å². The van der Waals surface area contributed by atoms with Crippen molar-refractivity contribution in [2.45, 2.75) is 32.2 Å². The van der Waals surface area contributed by atoms with E-state index in [9.17, 15) is 9.59 Å². The quantitative estimate of drug-likeness (QED) is 0.345. The van der Waals surface area contributed by atoms with Crippen molar-refractivity contribution in [3.05, 3.63) is 101 Å². The van der Waals surface area contributed by atoms with Gasteiger partial charge in [-0.2, -0.15) is 4.98 Å². The van der Waals surface area contributed by atoms with Gasteiger partial charge in [0.2, 0.25) is 11.6 Å². The molecule has 2 aromatic heterocycles. The highest BCUT2D eigenvalue weighted by molar-refractivity contribution is 5.96. The number of amides is 1. The number of hydrogen-bond donors (Lipinski definition) is 1. The largest absolute Gasteiger partial charge is 0.493 e. The highest BCUT2D eigenvalue weighted by Crippen LogP contribution is 2.32. The van der Waals surface area contributed by atoms with Crippen LogP contribution in [0.3, 0.4) is 0 Å². The molecule has 2 aromatic carbocycles. The maximum Gasteiger partial charge on any atom is 0.311 e. The summed E-state index contributed by atoms with van der Waals surface area (Å²) in [5, 5.41) is 7.01. The summed E-state index contributed by atoms with van der Waals surface area (Å²) >= 11 is 0. The highest BCUT2D eigenvalue weighted by Gasteiger charge is 2.27. The second-order valence-electron chi connectivity index (χ2n) is 7.96. The predicted molar refractivity (Wildman–Crippen MR) is 131 cm³/mol. The van der Waals surface area contributed by atoms with Gasteiger partial charge in [-0.25, -0.2) is 4.98 Å². The smallest absolute Gasteiger partial charge is 0.311 e. The number of ether oxygens (including phenoxy) is 2. The normalized spacial score (nSPS) is 11.7. The van der Waals surface area contributed by atoms with Crippen LogP contribution >= 0.6 is 0 Å². The van der Waals surface area contributed by atoms with Crippen LogP contribution in [0.5, 0.6) is 11.5 Å². The maximum atomic E-state index is 13.1. The molecule has 184 valence electrons. The predicted octanol–water partition coefficient (Wildman–Crippen LogP) is 4.46. The van der Waals surface area contributed by atoms with E-state index in [0.29, 0.717) is 5.82 Å². The Hall–Kier alpha value is -4.53. The number of benzene rings is 2. The zero-order valence-corrected chi connectivity index (χ0v) is 20.2. The van der Waals surface area contributed by atoms with Crippen molar-refractivity contribution in [2.75, 3.05) is 7.11 Å². The van der Waals surface area contributed by atoms with E-state index in [1.165, 1.54) is 19.4 Å². The molecular formula is C27H26N4O5. The summed E-state index contributed by atoms with van der Waals surface area (Å²) in [4.78, 5) is 33.7. The van der Waals surface area contributed by atoms with E-state index in [0.717, 1.165) is 11.1 Å². The molecule has 0 unspecified atom stereocenters. The van der Waals surface area contributed by atoms with Gasteiger partial charge in [0.05, 0.1) is 13.0 Å². The van der Waals surface area contributed by atoms with Gasteiger partial charge in [0, 0.05) is 18.7 Å². The molecule has 36 heavy (non-hydrogen) atoms. The Morgan fingerprint density at radius 1 is 1.00 bits per heavy atom. The van der Waals surface area contributed by atoms with Gasteiger partial charge in [-0.3, -0.25) is 9.59 Å². The van der Waals surface area contributed by atoms with E-state index in [2.05, 4.69) is 20.4 Å². The van der Waals surface area contributed by atoms with Gasteiger partial charge >= 0.3 is 5.97 Å². The third-order valence-corrected chi connectivity index (χ3v) is 5.51. The molecule has 0 saturated heterocycles. The Morgan fingerprint density at radius 2 is 1.64 bits per heavy atom. The SMILES string of the molecule is CCC(=O)Oc1c(OC)ccnc1C(=O)N[C@@H](C)c1nc(C(c2ccccc2)c2ccccc2)no1. The Labute approximate surface area is 208 Å². The molecule has 0 aliphatic heterocycles. The Bertz CT molecular complexity index is 1290. The maximum absolute atomic E-state index is 13.1. The third-order valence-electron chi connectivity index (χ3n) is 5.51. The lowest BCUT2D eigenvalue weighted by Crippen LogP contribution is -2.28. The molecule has 4 aromatic rings. The lowest BCUT2D eigenvalue weighted by Gasteiger charge is -2.15. The molecule has 4 rings (SSSR count). The van der Waals surface area contributed by atoms with E-state index in [4.69, 9.17) is 14.0 Å². The molecule has 0 radical (unpaired) electrons. The minimum Gasteiger partial charge on any atom is -0.493 e. The molecule has 9 nitrogen and oxygen atoms in total. The minimum absolute atomic E-state index is 0.0454. The van der Waals surface area contributed by atoms with Crippen molar-refractivity contribution in [3.63, 3.8) is 0 Å². The van der Waals surface area contributed by atoms with Crippen LogP contribution in [-0.4, -0.2) is 34.1 Å². The number of rotatable bonds is 9. The summed E-state index contributed by atoms with van der Waals surface area (Å²) in [7, 11) is 1.42. The van der Waals surface area contributed by atoms with Crippen LogP contribution in [0.4, 0.5) is 0 Å². The monoisotopic (exact) mass is 486 g/mol. The van der Waals surface area contributed by atoms with Crippen LogP contribution < -0.4 is 14.8 Å². The first-order valence-electron chi connectivity index (χ1n) is 11.5. The first-order chi connectivity index (χ1) is 17.5. The molecule has 1 N–H and O–H groups in total. The lowest BCUT2D eigenvalue weighted by atomic mass is 9.91. The second-order valence-corrected chi connectivity index (χ2v) is 7.96. The fourth-order valence-electron chi connectivity index (χ4n) is 3.69. The molecule has 2 heterocycles. The topological polar surface area (TPSA) is 116 Å². The fourth-order valence-corrected chi connectivity index (χ4v) is 3.69. The fraction of sp³-hybridized carbons (Fsp3) is 0.222. The summed E-state index contributed by atoms with van der Waals surface area (Å²) in [5.74, 6) is -0.464. The number of esters is 1. The van der Waals surface area contributed by atoms with Gasteiger partial charge in [-0.1, -0.05) is 72.7 Å². The van der Waals surface area contributed by atoms with Crippen LogP contribution in [0.25, 0.3) is 0 Å². The van der Waals surface area contributed by atoms with Crippen LogP contribution in [0.15, 0.2) is 77.4 Å². The molecule has 1 amide bonds. The van der Waals surface area contributed by atoms with Crippen LogP contribution in [0, 0.1) is 0 Å². The summed E-state index contributed by atoms with van der Waals surface area (Å²) in [6.07, 6.45) is 1.53. The lowest BCUT2D eigenvalue weighted by molar-refractivity contribution is -0.134. The van der Waals surface area contributed by atoms with Crippen molar-refractivity contribution in [3.8, 4) is 11.5 Å². The number of carbonyl (C=O) groups is 2. The highest BCUT2D eigenvalue weighted by atomic mass is 16.6. The van der Waals surface area contributed by atoms with Gasteiger partial charge in [0.15, 0.2) is 17.3 Å². The first-order valence-corrected chi connectivity index (χ1v) is 11.5. The first kappa shape index (κ1) is 24.6. The number of methoxy groups -OCH3 is 1. The van der Waals surface area contributed by atoms with Crippen LogP contribution in [0.1, 0.15) is 65.6 Å². The molecule has 0 saturated carbocycles. The van der Waals surface area contributed by atoms with E-state index in [1.54, 1.807) is 13.8 Å². The number of aromatic nitrogens is 3. The number of nitrogens with one attached hydrogen (secondary N) is 1. The average molecular weight is 487 g/mol. The molecule has 0 aliphatic rings. The van der Waals surface area contributed by atoms with Gasteiger partial charge in [-0.15, -0.1) is 0 Å². The summed E-state index contributed by atoms with van der Waals surface area (Å²) in [6, 6.07) is 20.6. The second kappa shape index (κ2) is 11.3. The van der Waals surface area contributed by atoms with Crippen molar-refractivity contribution >= 4 is 11.9 Å². The molecule has 0 spiro atoms. The number of carbonyl (C=O) groups excluding carboxylic acids is 2. The molecule has 0 aliphatic carbocycles. The van der Waals surface area contributed by atoms with Crippen molar-refractivity contribution in [2.24, 2.45) is 0 Å². The molecule has 0 fully saturated rings. The van der Waals surface area contributed by atoms with E-state index in [1.807, 2.05) is 60.7 Å². The van der Waals surface area contributed by atoms with Gasteiger partial charge < -0.3 is 19.3 Å². The molecule has 9 heteroatoms. The van der Waals surface area contributed by atoms with Gasteiger partial charge in [0.1, 0.15) is 6.04 Å². The summed E-state index contributed by atoms with van der Waals surface area (Å²) < 4.78 is 16.1. The number of pyridine rings is 1. The standard InChI is InChI=1S/C27H26N4O5/c1-4-21(32)35-24-20(34-3)15-16-28-23(24)26(33)29-17(2)27-30-25(31-36-27)22(18-11-7-5-8-12-18)19-13-9-6-10-14-19/h5-17,22H,4H2,1-3H3,(H,29,33)/t17-/m0/s1. The third kappa shape index (κ3) is 5.41. The summed E-state index contributed by atoms with van der Waals surface area (Å²) in [6.45, 7) is 3.37. The van der Waals surface area contributed by atoms with Crippen molar-refractivity contribution in [1.82, 2.24) is 20.4 Å². The molecule has 0 bridgehead atoms. The van der Waals surface area contributed by atoms with Gasteiger partial charge in [-0.05, 0) is 18.1 Å². The van der Waals surface area contributed by atoms with E-state index in [-0.39, 0.29) is 35.4 Å². The summed E-state index contributed by atoms with van der Waals surface area (Å²) in [5.41, 5.74) is 1.93. The van der Waals surface area contributed by atoms with Crippen LogP contribution in [0.2, 0.25) is 0 Å². The molecule has 1 atom stereocenters.